The molecule has 264 valence electrons. The topological polar surface area (TPSA) is 175 Å². The lowest BCUT2D eigenvalue weighted by Gasteiger charge is -2.32. The zero-order valence-corrected chi connectivity index (χ0v) is 28.2. The average molecular weight is 657 g/mol. The number of carbonyl (C=O) groups excluding carboxylic acids is 3. The fourth-order valence-electron chi connectivity index (χ4n) is 4.53. The highest BCUT2D eigenvalue weighted by molar-refractivity contribution is 6.57. The van der Waals surface area contributed by atoms with Gasteiger partial charge in [-0.3, -0.25) is 29.1 Å². The Morgan fingerprint density at radius 3 is 1.98 bits per heavy atom. The Morgan fingerprint density at radius 1 is 0.804 bits per heavy atom. The van der Waals surface area contributed by atoms with Gasteiger partial charge in [-0.05, 0) is 38.3 Å². The molecule has 0 fully saturated rings. The summed E-state index contributed by atoms with van der Waals surface area (Å²) in [7, 11) is 5.02. The standard InChI is InChI=1S/C31H57BN4O10/c1-4-11-36(16-15-35(25-30(40)41)14-13-34(17-18-37)12-8-26(3)5-2)27(31(42)43)6-7-29(39)33-10-20-45-22-24-46-23-21-44-19-9-28(32)38/h18,26-27H,4-17,19-25H2,1-3H3,(H,33,39)(H,40,41)(H,42,43). The second-order valence-electron chi connectivity index (χ2n) is 11.3. The number of carbonyl (C=O) groups is 5. The molecule has 0 aromatic carbocycles. The van der Waals surface area contributed by atoms with Gasteiger partial charge < -0.3 is 39.3 Å². The largest absolute Gasteiger partial charge is 0.480 e. The van der Waals surface area contributed by atoms with E-state index in [1.807, 2.05) is 11.8 Å². The first kappa shape index (κ1) is 43.6. The summed E-state index contributed by atoms with van der Waals surface area (Å²) in [5, 5.41) is 22.2. The molecule has 2 radical (unpaired) electrons. The summed E-state index contributed by atoms with van der Waals surface area (Å²) >= 11 is 0. The zero-order valence-electron chi connectivity index (χ0n) is 28.2. The van der Waals surface area contributed by atoms with Crippen molar-refractivity contribution in [3.05, 3.63) is 0 Å². The Kier molecular flexibility index (Phi) is 27.3. The van der Waals surface area contributed by atoms with E-state index in [-0.39, 0.29) is 58.0 Å². The van der Waals surface area contributed by atoms with Gasteiger partial charge >= 0.3 is 11.9 Å². The number of carboxylic acids is 2. The fraction of sp³-hybridized carbons (Fsp3) is 0.839. The maximum absolute atomic E-state index is 12.4. The van der Waals surface area contributed by atoms with Gasteiger partial charge in [0.15, 0.2) is 7.85 Å². The first-order valence-electron chi connectivity index (χ1n) is 16.4. The van der Waals surface area contributed by atoms with Gasteiger partial charge in [-0.15, -0.1) is 0 Å². The van der Waals surface area contributed by atoms with Crippen molar-refractivity contribution in [2.75, 3.05) is 98.5 Å². The van der Waals surface area contributed by atoms with E-state index in [4.69, 9.17) is 22.1 Å². The van der Waals surface area contributed by atoms with E-state index in [1.165, 1.54) is 0 Å². The van der Waals surface area contributed by atoms with E-state index in [0.717, 1.165) is 25.7 Å². The first-order valence-corrected chi connectivity index (χ1v) is 16.4. The zero-order chi connectivity index (χ0) is 34.6. The van der Waals surface area contributed by atoms with Crippen molar-refractivity contribution in [2.45, 2.75) is 65.3 Å². The molecule has 0 aliphatic carbocycles. The van der Waals surface area contributed by atoms with Crippen molar-refractivity contribution in [3.8, 4) is 0 Å². The molecule has 0 aliphatic rings. The number of carboxylic acid groups (broad SMARTS) is 2. The molecule has 0 spiro atoms. The van der Waals surface area contributed by atoms with Crippen molar-refractivity contribution >= 4 is 37.7 Å². The predicted octanol–water partition coefficient (Wildman–Crippen LogP) is 0.507. The van der Waals surface area contributed by atoms with Crippen LogP contribution in [-0.2, 0) is 38.2 Å². The van der Waals surface area contributed by atoms with Gasteiger partial charge in [0.25, 0.3) is 0 Å². The van der Waals surface area contributed by atoms with Crippen molar-refractivity contribution < 1.29 is 48.4 Å². The third kappa shape index (κ3) is 24.8. The minimum absolute atomic E-state index is 0.0196. The van der Waals surface area contributed by atoms with Gasteiger partial charge in [0, 0.05) is 45.6 Å². The van der Waals surface area contributed by atoms with Crippen molar-refractivity contribution in [2.24, 2.45) is 5.92 Å². The Bertz CT molecular complexity index is 854. The van der Waals surface area contributed by atoms with Crippen LogP contribution in [0.15, 0.2) is 0 Å². The molecule has 0 aliphatic heterocycles. The number of nitrogens with zero attached hydrogens (tertiary/aromatic N) is 3. The third-order valence-corrected chi connectivity index (χ3v) is 7.45. The van der Waals surface area contributed by atoms with E-state index >= 15 is 0 Å². The van der Waals surface area contributed by atoms with E-state index in [2.05, 4.69) is 19.2 Å². The number of hydrogen-bond donors (Lipinski definition) is 3. The summed E-state index contributed by atoms with van der Waals surface area (Å²) in [6, 6.07) is -0.896. The van der Waals surface area contributed by atoms with Crippen LogP contribution in [0.3, 0.4) is 0 Å². The SMILES string of the molecule is [B]C(=O)CCOCCOCCOCCNC(=O)CCC(C(=O)O)N(CCC)CCN(CCN(CC=O)CCC(C)CC)CC(=O)O. The van der Waals surface area contributed by atoms with Crippen LogP contribution >= 0.6 is 0 Å². The molecule has 0 aromatic heterocycles. The predicted molar refractivity (Wildman–Crippen MR) is 174 cm³/mol. The second-order valence-corrected chi connectivity index (χ2v) is 11.3. The second kappa shape index (κ2) is 28.8. The van der Waals surface area contributed by atoms with Gasteiger partial charge in [-0.2, -0.15) is 0 Å². The minimum Gasteiger partial charge on any atom is -0.480 e. The van der Waals surface area contributed by atoms with Crippen molar-refractivity contribution in [1.82, 2.24) is 20.0 Å². The molecule has 3 N–H and O–H groups in total. The van der Waals surface area contributed by atoms with Crippen LogP contribution in [0, 0.1) is 5.92 Å². The van der Waals surface area contributed by atoms with Crippen LogP contribution in [0.25, 0.3) is 0 Å². The minimum atomic E-state index is -1.03. The maximum atomic E-state index is 12.4. The number of rotatable bonds is 33. The van der Waals surface area contributed by atoms with E-state index < -0.39 is 23.7 Å². The molecular formula is C31H57BN4O10. The molecule has 2 atom stereocenters. The number of nitrogens with one attached hydrogen (secondary N) is 1. The number of amides is 1. The maximum Gasteiger partial charge on any atom is 0.320 e. The number of ether oxygens (including phenoxy) is 3. The van der Waals surface area contributed by atoms with Crippen LogP contribution < -0.4 is 5.32 Å². The lowest BCUT2D eigenvalue weighted by atomic mass is 10.0. The van der Waals surface area contributed by atoms with Crippen LogP contribution in [0.5, 0.6) is 0 Å². The highest BCUT2D eigenvalue weighted by atomic mass is 16.5. The van der Waals surface area contributed by atoms with E-state index in [0.29, 0.717) is 71.5 Å². The van der Waals surface area contributed by atoms with Gasteiger partial charge in [0.1, 0.15) is 12.3 Å². The monoisotopic (exact) mass is 656 g/mol. The molecule has 0 aromatic rings. The first-order chi connectivity index (χ1) is 22.0. The van der Waals surface area contributed by atoms with Crippen LogP contribution in [0.2, 0.25) is 0 Å². The average Bonchev–Trinajstić information content (AvgIpc) is 3.00. The number of aliphatic carboxylic acids is 2. The molecule has 0 heterocycles. The Hall–Kier alpha value is -2.43. The molecular weight excluding hydrogens is 599 g/mol. The smallest absolute Gasteiger partial charge is 0.320 e. The van der Waals surface area contributed by atoms with Crippen LogP contribution in [-0.4, -0.2) is 167 Å². The van der Waals surface area contributed by atoms with Gasteiger partial charge in [0.05, 0.1) is 58.4 Å². The summed E-state index contributed by atoms with van der Waals surface area (Å²) in [5.74, 6) is -1.76. The molecule has 2 unspecified atom stereocenters. The molecule has 0 bridgehead atoms. The van der Waals surface area contributed by atoms with Crippen molar-refractivity contribution in [1.29, 1.82) is 0 Å². The van der Waals surface area contributed by atoms with Gasteiger partial charge in [-0.1, -0.05) is 27.2 Å². The Labute approximate surface area is 275 Å². The third-order valence-electron chi connectivity index (χ3n) is 7.45. The number of aldehydes is 1. The van der Waals surface area contributed by atoms with E-state index in [1.54, 1.807) is 9.80 Å². The van der Waals surface area contributed by atoms with Gasteiger partial charge in [-0.25, -0.2) is 0 Å². The molecule has 0 saturated heterocycles. The fourth-order valence-corrected chi connectivity index (χ4v) is 4.53. The molecule has 15 heteroatoms. The summed E-state index contributed by atoms with van der Waals surface area (Å²) in [6.07, 6.45) is 3.84. The van der Waals surface area contributed by atoms with Gasteiger partial charge in [0.2, 0.25) is 5.91 Å². The van der Waals surface area contributed by atoms with Crippen LogP contribution in [0.4, 0.5) is 0 Å². The molecule has 46 heavy (non-hydrogen) atoms. The summed E-state index contributed by atoms with van der Waals surface area (Å²) in [4.78, 5) is 63.6. The molecule has 0 rings (SSSR count). The molecule has 14 nitrogen and oxygen atoms in total. The summed E-state index contributed by atoms with van der Waals surface area (Å²) in [5.41, 5.74) is -0.419. The highest BCUT2D eigenvalue weighted by Gasteiger charge is 2.26. The number of hydrogen-bond acceptors (Lipinski definition) is 11. The summed E-state index contributed by atoms with van der Waals surface area (Å²) < 4.78 is 16.0. The molecule has 0 saturated carbocycles. The van der Waals surface area contributed by atoms with Crippen molar-refractivity contribution in [3.63, 3.8) is 0 Å². The molecule has 1 amide bonds. The highest BCUT2D eigenvalue weighted by Crippen LogP contribution is 2.11. The summed E-state index contributed by atoms with van der Waals surface area (Å²) in [6.45, 7) is 11.4. The normalized spacial score (nSPS) is 12.8. The quantitative estimate of drug-likeness (QED) is 0.0507. The van der Waals surface area contributed by atoms with Crippen LogP contribution in [0.1, 0.15) is 59.3 Å². The Balaban J connectivity index is 4.66. The van der Waals surface area contributed by atoms with E-state index in [9.17, 15) is 34.2 Å². The lowest BCUT2D eigenvalue weighted by Crippen LogP contribution is -2.47. The lowest BCUT2D eigenvalue weighted by molar-refractivity contribution is -0.144. The Morgan fingerprint density at radius 2 is 1.41 bits per heavy atom.